The quantitative estimate of drug-likeness (QED) is 0.500. The van der Waals surface area contributed by atoms with Crippen molar-refractivity contribution in [2.75, 3.05) is 0 Å². The highest BCUT2D eigenvalue weighted by atomic mass is 35.5. The minimum absolute atomic E-state index is 0.0222. The van der Waals surface area contributed by atoms with Crippen molar-refractivity contribution in [2.45, 2.75) is 20.0 Å². The van der Waals surface area contributed by atoms with Crippen LogP contribution in [0.2, 0.25) is 10.0 Å². The Kier molecular flexibility index (Phi) is 4.41. The number of ether oxygens (including phenoxy) is 1. The summed E-state index contributed by atoms with van der Waals surface area (Å²) in [5.74, 6) is 4.99. The average molecular weight is 263 g/mol. The average Bonchev–Trinajstić information content (AvgIpc) is 2.21. The summed E-state index contributed by atoms with van der Waals surface area (Å²) in [7, 11) is 0. The molecule has 0 saturated heterocycles. The minimum atomic E-state index is -0.513. The fourth-order valence-corrected chi connectivity index (χ4v) is 1.55. The van der Waals surface area contributed by atoms with E-state index in [2.05, 4.69) is 0 Å². The normalized spacial score (nSPS) is 10.4. The summed E-state index contributed by atoms with van der Waals surface area (Å²) in [5.41, 5.74) is 2.18. The molecule has 0 atom stereocenters. The van der Waals surface area contributed by atoms with Crippen molar-refractivity contribution >= 4 is 29.1 Å². The van der Waals surface area contributed by atoms with Crippen LogP contribution in [-0.2, 0) is 0 Å². The molecule has 0 spiro atoms. The number of carbonyl (C=O) groups is 1. The summed E-state index contributed by atoms with van der Waals surface area (Å²) in [5, 5.41) is 0.402. The second kappa shape index (κ2) is 5.39. The molecule has 0 aliphatic carbocycles. The largest absolute Gasteiger partial charge is 0.491 e. The van der Waals surface area contributed by atoms with Crippen molar-refractivity contribution in [3.8, 4) is 5.75 Å². The number of hydrogen-bond acceptors (Lipinski definition) is 3. The van der Waals surface area contributed by atoms with Gasteiger partial charge in [0, 0.05) is 6.07 Å². The molecule has 0 saturated carbocycles. The Morgan fingerprint density at radius 1 is 1.44 bits per heavy atom. The summed E-state index contributed by atoms with van der Waals surface area (Å²) in [6.45, 7) is 3.73. The molecule has 3 N–H and O–H groups in total. The fraction of sp³-hybridized carbons (Fsp3) is 0.300. The number of hydrogen-bond donors (Lipinski definition) is 2. The second-order valence-corrected chi connectivity index (χ2v) is 4.19. The molecular formula is C10H12Cl2N2O2. The first-order chi connectivity index (χ1) is 7.45. The number of amides is 1. The van der Waals surface area contributed by atoms with Crippen LogP contribution in [0, 0.1) is 0 Å². The van der Waals surface area contributed by atoms with Crippen LogP contribution in [0.15, 0.2) is 12.1 Å². The number of nitrogens with one attached hydrogen (secondary N) is 1. The lowest BCUT2D eigenvalue weighted by Crippen LogP contribution is -2.30. The summed E-state index contributed by atoms with van der Waals surface area (Å²) in [4.78, 5) is 11.4. The van der Waals surface area contributed by atoms with Crippen LogP contribution in [-0.4, -0.2) is 12.0 Å². The molecule has 88 valence electrons. The van der Waals surface area contributed by atoms with Gasteiger partial charge in [-0.3, -0.25) is 10.2 Å². The molecule has 0 radical (unpaired) electrons. The maximum Gasteiger partial charge on any atom is 0.266 e. The summed E-state index contributed by atoms with van der Waals surface area (Å²) >= 11 is 11.7. The van der Waals surface area contributed by atoms with Crippen molar-refractivity contribution in [2.24, 2.45) is 5.84 Å². The highest BCUT2D eigenvalue weighted by Crippen LogP contribution is 2.31. The number of carbonyl (C=O) groups excluding carboxylic acids is 1. The van der Waals surface area contributed by atoms with E-state index in [9.17, 15) is 4.79 Å². The van der Waals surface area contributed by atoms with Crippen molar-refractivity contribution in [1.29, 1.82) is 0 Å². The lowest BCUT2D eigenvalue weighted by molar-refractivity contribution is 0.0953. The van der Waals surface area contributed by atoms with Crippen molar-refractivity contribution in [3.05, 3.63) is 27.7 Å². The third-order valence-electron chi connectivity index (χ3n) is 1.75. The van der Waals surface area contributed by atoms with Gasteiger partial charge in [0.25, 0.3) is 5.91 Å². The highest BCUT2D eigenvalue weighted by Gasteiger charge is 2.14. The molecule has 0 bridgehead atoms. The Hall–Kier alpha value is -0.970. The standard InChI is InChI=1S/C10H12Cl2N2O2/c1-5(2)16-6-3-7(10(15)14-13)9(12)8(11)4-6/h3-5H,13H2,1-2H3,(H,14,15). The van der Waals surface area contributed by atoms with Gasteiger partial charge in [0.1, 0.15) is 5.75 Å². The molecule has 4 nitrogen and oxygen atoms in total. The smallest absolute Gasteiger partial charge is 0.266 e. The van der Waals surface area contributed by atoms with E-state index in [0.717, 1.165) is 0 Å². The molecule has 6 heteroatoms. The molecule has 0 aliphatic heterocycles. The maximum atomic E-state index is 11.4. The van der Waals surface area contributed by atoms with Crippen LogP contribution in [0.25, 0.3) is 0 Å². The molecule has 16 heavy (non-hydrogen) atoms. The van der Waals surface area contributed by atoms with Gasteiger partial charge in [-0.15, -0.1) is 0 Å². The number of nitrogens with two attached hydrogens (primary N) is 1. The first kappa shape index (κ1) is 13.1. The van der Waals surface area contributed by atoms with E-state index < -0.39 is 5.91 Å². The summed E-state index contributed by atoms with van der Waals surface area (Å²) < 4.78 is 5.42. The molecule has 0 heterocycles. The summed E-state index contributed by atoms with van der Waals surface area (Å²) in [6.07, 6.45) is -0.0222. The number of rotatable bonds is 3. The minimum Gasteiger partial charge on any atom is -0.491 e. The van der Waals surface area contributed by atoms with Gasteiger partial charge in [-0.05, 0) is 19.9 Å². The molecular weight excluding hydrogens is 251 g/mol. The zero-order valence-corrected chi connectivity index (χ0v) is 10.4. The van der Waals surface area contributed by atoms with Crippen molar-refractivity contribution < 1.29 is 9.53 Å². The fourth-order valence-electron chi connectivity index (χ4n) is 1.15. The van der Waals surface area contributed by atoms with Crippen LogP contribution in [0.3, 0.4) is 0 Å². The van der Waals surface area contributed by atoms with Crippen LogP contribution in [0.1, 0.15) is 24.2 Å². The lowest BCUT2D eigenvalue weighted by Gasteiger charge is -2.12. The molecule has 0 unspecified atom stereocenters. The van der Waals surface area contributed by atoms with E-state index in [-0.39, 0.29) is 21.7 Å². The molecule has 1 aromatic rings. The first-order valence-corrected chi connectivity index (χ1v) is 5.38. The van der Waals surface area contributed by atoms with Crippen LogP contribution in [0.5, 0.6) is 5.75 Å². The van der Waals surface area contributed by atoms with Crippen LogP contribution in [0.4, 0.5) is 0 Å². The zero-order valence-electron chi connectivity index (χ0n) is 8.88. The third kappa shape index (κ3) is 3.01. The lowest BCUT2D eigenvalue weighted by atomic mass is 10.2. The predicted molar refractivity (Wildman–Crippen MR) is 63.9 cm³/mol. The van der Waals surface area contributed by atoms with Gasteiger partial charge in [-0.2, -0.15) is 0 Å². The van der Waals surface area contributed by atoms with Gasteiger partial charge in [0.15, 0.2) is 0 Å². The number of halogens is 2. The maximum absolute atomic E-state index is 11.4. The summed E-state index contributed by atoms with van der Waals surface area (Å²) in [6, 6.07) is 3.05. The van der Waals surface area contributed by atoms with Crippen molar-refractivity contribution in [3.63, 3.8) is 0 Å². The Bertz CT molecular complexity index is 408. The van der Waals surface area contributed by atoms with E-state index in [1.807, 2.05) is 19.3 Å². The van der Waals surface area contributed by atoms with E-state index in [1.165, 1.54) is 6.07 Å². The molecule has 1 rings (SSSR count). The highest BCUT2D eigenvalue weighted by molar-refractivity contribution is 6.44. The number of nitrogen functional groups attached to an aromatic ring is 1. The SMILES string of the molecule is CC(C)Oc1cc(Cl)c(Cl)c(C(=O)NN)c1. The number of hydrazine groups is 1. The monoisotopic (exact) mass is 262 g/mol. The Labute approximate surface area is 104 Å². The van der Waals surface area contributed by atoms with Gasteiger partial charge in [0.05, 0.1) is 21.7 Å². The van der Waals surface area contributed by atoms with Crippen molar-refractivity contribution in [1.82, 2.24) is 5.43 Å². The van der Waals surface area contributed by atoms with Crippen LogP contribution < -0.4 is 16.0 Å². The van der Waals surface area contributed by atoms with E-state index in [1.54, 1.807) is 6.07 Å². The third-order valence-corrected chi connectivity index (χ3v) is 2.55. The number of benzene rings is 1. The second-order valence-electron chi connectivity index (χ2n) is 3.41. The molecule has 1 amide bonds. The Morgan fingerprint density at radius 2 is 2.06 bits per heavy atom. The molecule has 0 fully saturated rings. The van der Waals surface area contributed by atoms with E-state index in [4.69, 9.17) is 33.8 Å². The van der Waals surface area contributed by atoms with E-state index >= 15 is 0 Å². The van der Waals surface area contributed by atoms with Gasteiger partial charge >= 0.3 is 0 Å². The Morgan fingerprint density at radius 3 is 2.56 bits per heavy atom. The first-order valence-electron chi connectivity index (χ1n) is 4.62. The van der Waals surface area contributed by atoms with Crippen LogP contribution >= 0.6 is 23.2 Å². The molecule has 0 aromatic heterocycles. The predicted octanol–water partition coefficient (Wildman–Crippen LogP) is 2.38. The Balaban J connectivity index is 3.16. The topological polar surface area (TPSA) is 64.3 Å². The molecule has 0 aliphatic rings. The zero-order chi connectivity index (χ0) is 12.3. The van der Waals surface area contributed by atoms with Gasteiger partial charge < -0.3 is 4.74 Å². The van der Waals surface area contributed by atoms with Gasteiger partial charge in [-0.1, -0.05) is 23.2 Å². The molecule has 1 aromatic carbocycles. The van der Waals surface area contributed by atoms with Gasteiger partial charge in [-0.25, -0.2) is 5.84 Å². The van der Waals surface area contributed by atoms with E-state index in [0.29, 0.717) is 5.75 Å². The van der Waals surface area contributed by atoms with Gasteiger partial charge in [0.2, 0.25) is 0 Å².